The molecule has 41 heavy (non-hydrogen) atoms. The first-order valence-electron chi connectivity index (χ1n) is 13.3. The molecule has 1 aliphatic heterocycles. The molecule has 3 aromatic carbocycles. The van der Waals surface area contributed by atoms with Crippen LogP contribution in [-0.4, -0.2) is 51.4 Å². The quantitative estimate of drug-likeness (QED) is 0.296. The molecule has 5 rings (SSSR count). The fourth-order valence-corrected chi connectivity index (χ4v) is 5.55. The SMILES string of the molecule is N#Cc1cccc(C(=O)N2CC[C@H](N(Cc3ccnc4ccccc34)C(=O)C(F)(F)F)C[C@H]2Cc2ccccc2)c1. The van der Waals surface area contributed by atoms with Crippen molar-refractivity contribution in [1.29, 1.82) is 5.26 Å². The highest BCUT2D eigenvalue weighted by atomic mass is 19.4. The minimum atomic E-state index is -5.05. The Morgan fingerprint density at radius 1 is 1.00 bits per heavy atom. The van der Waals surface area contributed by atoms with Crippen molar-refractivity contribution in [3.05, 3.63) is 113 Å². The van der Waals surface area contributed by atoms with E-state index in [2.05, 4.69) is 4.98 Å². The zero-order chi connectivity index (χ0) is 29.0. The highest BCUT2D eigenvalue weighted by Gasteiger charge is 2.46. The summed E-state index contributed by atoms with van der Waals surface area (Å²) in [4.78, 5) is 33.3. The first-order chi connectivity index (χ1) is 19.7. The minimum Gasteiger partial charge on any atom is -0.335 e. The summed E-state index contributed by atoms with van der Waals surface area (Å²) >= 11 is 0. The number of alkyl halides is 3. The van der Waals surface area contributed by atoms with E-state index in [9.17, 15) is 28.0 Å². The predicted molar refractivity (Wildman–Crippen MR) is 147 cm³/mol. The lowest BCUT2D eigenvalue weighted by Gasteiger charge is -2.44. The molecule has 1 aliphatic rings. The molecule has 0 unspecified atom stereocenters. The van der Waals surface area contributed by atoms with E-state index in [4.69, 9.17) is 0 Å². The number of nitriles is 1. The molecule has 0 aliphatic carbocycles. The molecule has 4 aromatic rings. The summed E-state index contributed by atoms with van der Waals surface area (Å²) in [6.45, 7) is -0.0707. The van der Waals surface area contributed by atoms with Crippen molar-refractivity contribution in [2.24, 2.45) is 0 Å². The largest absolute Gasteiger partial charge is 0.471 e. The fraction of sp³-hybridized carbons (Fsp3) is 0.250. The number of benzene rings is 3. The second-order valence-electron chi connectivity index (χ2n) is 10.1. The monoisotopic (exact) mass is 556 g/mol. The van der Waals surface area contributed by atoms with Crippen molar-refractivity contribution in [2.75, 3.05) is 6.54 Å². The molecule has 1 aromatic heterocycles. The number of hydrogen-bond donors (Lipinski definition) is 0. The Balaban J connectivity index is 1.48. The Bertz CT molecular complexity index is 1590. The molecule has 208 valence electrons. The molecule has 6 nitrogen and oxygen atoms in total. The van der Waals surface area contributed by atoms with E-state index >= 15 is 0 Å². The van der Waals surface area contributed by atoms with Crippen molar-refractivity contribution < 1.29 is 22.8 Å². The van der Waals surface area contributed by atoms with Gasteiger partial charge >= 0.3 is 12.1 Å². The number of nitrogens with zero attached hydrogens (tertiary/aromatic N) is 4. The average molecular weight is 557 g/mol. The molecule has 1 fully saturated rings. The third-order valence-corrected chi connectivity index (χ3v) is 7.53. The molecule has 2 amide bonds. The number of piperidine rings is 1. The van der Waals surface area contributed by atoms with Gasteiger partial charge in [-0.3, -0.25) is 14.6 Å². The lowest BCUT2D eigenvalue weighted by Crippen LogP contribution is -2.55. The molecule has 0 N–H and O–H groups in total. The number of halogens is 3. The number of aromatic nitrogens is 1. The molecule has 0 spiro atoms. The van der Waals surface area contributed by atoms with Gasteiger partial charge in [0.2, 0.25) is 0 Å². The van der Waals surface area contributed by atoms with Crippen molar-refractivity contribution >= 4 is 22.7 Å². The van der Waals surface area contributed by atoms with E-state index in [0.717, 1.165) is 10.5 Å². The zero-order valence-electron chi connectivity index (χ0n) is 22.1. The van der Waals surface area contributed by atoms with Gasteiger partial charge in [0.1, 0.15) is 0 Å². The summed E-state index contributed by atoms with van der Waals surface area (Å²) in [6.07, 6.45) is -2.76. The van der Waals surface area contributed by atoms with Crippen LogP contribution >= 0.6 is 0 Å². The second kappa shape index (κ2) is 11.8. The standard InChI is InChI=1S/C32H27F3N4O2/c33-32(34,35)31(41)39(21-25-13-15-37-29-12-5-4-11-28(25)29)26-14-16-38(27(19-26)18-22-7-2-1-3-8-22)30(40)24-10-6-9-23(17-24)20-36/h1-13,15,17,26-27H,14,16,18-19,21H2/t26-,27+/m0/s1. The maximum Gasteiger partial charge on any atom is 0.471 e. The number of para-hydroxylation sites is 1. The van der Waals surface area contributed by atoms with Gasteiger partial charge in [-0.15, -0.1) is 0 Å². The van der Waals surface area contributed by atoms with E-state index < -0.39 is 24.2 Å². The first-order valence-corrected chi connectivity index (χ1v) is 13.3. The molecule has 0 saturated carbocycles. The Labute approximate surface area is 235 Å². The lowest BCUT2D eigenvalue weighted by atomic mass is 9.90. The third-order valence-electron chi connectivity index (χ3n) is 7.53. The third kappa shape index (κ3) is 6.22. The van der Waals surface area contributed by atoms with Crippen LogP contribution in [0, 0.1) is 11.3 Å². The molecule has 0 radical (unpaired) electrons. The van der Waals surface area contributed by atoms with Crippen LogP contribution in [-0.2, 0) is 17.8 Å². The van der Waals surface area contributed by atoms with Gasteiger partial charge in [0.15, 0.2) is 0 Å². The van der Waals surface area contributed by atoms with Crippen molar-refractivity contribution in [3.63, 3.8) is 0 Å². The van der Waals surface area contributed by atoms with Crippen LogP contribution in [0.4, 0.5) is 13.2 Å². The first kappa shape index (κ1) is 27.8. The number of carbonyl (C=O) groups excluding carboxylic acids is 2. The van der Waals surface area contributed by atoms with Crippen molar-refractivity contribution in [1.82, 2.24) is 14.8 Å². The molecule has 1 saturated heterocycles. The summed E-state index contributed by atoms with van der Waals surface area (Å²) in [5.41, 5.74) is 2.81. The second-order valence-corrected chi connectivity index (χ2v) is 10.1. The van der Waals surface area contributed by atoms with Gasteiger partial charge in [0.05, 0.1) is 17.1 Å². The Kier molecular flexibility index (Phi) is 8.02. The van der Waals surface area contributed by atoms with Crippen molar-refractivity contribution in [2.45, 2.75) is 44.1 Å². The van der Waals surface area contributed by atoms with Crippen LogP contribution in [0.2, 0.25) is 0 Å². The molecular formula is C32H27F3N4O2. The highest BCUT2D eigenvalue weighted by Crippen LogP contribution is 2.31. The van der Waals surface area contributed by atoms with Gasteiger partial charge in [0.25, 0.3) is 5.91 Å². The number of carbonyl (C=O) groups is 2. The van der Waals surface area contributed by atoms with E-state index in [1.54, 1.807) is 53.4 Å². The topological polar surface area (TPSA) is 77.3 Å². The fourth-order valence-electron chi connectivity index (χ4n) is 5.55. The number of fused-ring (bicyclic) bond motifs is 1. The van der Waals surface area contributed by atoms with E-state index in [-0.39, 0.29) is 31.8 Å². The van der Waals surface area contributed by atoms with Crippen LogP contribution in [0.5, 0.6) is 0 Å². The molecule has 2 heterocycles. The lowest BCUT2D eigenvalue weighted by molar-refractivity contribution is -0.189. The van der Waals surface area contributed by atoms with Gasteiger partial charge in [0, 0.05) is 42.3 Å². The highest BCUT2D eigenvalue weighted by molar-refractivity contribution is 5.95. The van der Waals surface area contributed by atoms with Crippen LogP contribution < -0.4 is 0 Å². The summed E-state index contributed by atoms with van der Waals surface area (Å²) < 4.78 is 41.8. The number of likely N-dealkylation sites (tertiary alicyclic amines) is 1. The Hall–Kier alpha value is -4.71. The van der Waals surface area contributed by atoms with Gasteiger partial charge < -0.3 is 9.80 Å². The normalized spacial score (nSPS) is 17.2. The van der Waals surface area contributed by atoms with Crippen LogP contribution in [0.1, 0.15) is 39.9 Å². The molecule has 0 bridgehead atoms. The molecule has 9 heteroatoms. The maximum absolute atomic E-state index is 13.9. The Morgan fingerprint density at radius 2 is 1.76 bits per heavy atom. The molecule has 2 atom stereocenters. The maximum atomic E-state index is 13.9. The number of pyridine rings is 1. The number of hydrogen-bond acceptors (Lipinski definition) is 4. The Morgan fingerprint density at radius 3 is 2.51 bits per heavy atom. The number of rotatable bonds is 6. The number of amides is 2. The summed E-state index contributed by atoms with van der Waals surface area (Å²) in [5, 5.41) is 9.97. The van der Waals surface area contributed by atoms with E-state index in [1.165, 1.54) is 12.3 Å². The van der Waals surface area contributed by atoms with Crippen molar-refractivity contribution in [3.8, 4) is 6.07 Å². The summed E-state index contributed by atoms with van der Waals surface area (Å²) in [5.74, 6) is -2.20. The van der Waals surface area contributed by atoms with Crippen LogP contribution in [0.3, 0.4) is 0 Å². The molecular weight excluding hydrogens is 529 g/mol. The zero-order valence-corrected chi connectivity index (χ0v) is 22.1. The van der Waals surface area contributed by atoms with Gasteiger partial charge in [-0.25, -0.2) is 0 Å². The van der Waals surface area contributed by atoms with Crippen LogP contribution in [0.15, 0.2) is 91.1 Å². The van der Waals surface area contributed by atoms with Gasteiger partial charge in [-0.1, -0.05) is 54.6 Å². The summed E-state index contributed by atoms with van der Waals surface area (Å²) in [7, 11) is 0. The average Bonchev–Trinajstić information content (AvgIpc) is 2.99. The van der Waals surface area contributed by atoms with E-state index in [1.807, 2.05) is 36.4 Å². The smallest absolute Gasteiger partial charge is 0.335 e. The van der Waals surface area contributed by atoms with Gasteiger partial charge in [-0.2, -0.15) is 18.4 Å². The van der Waals surface area contributed by atoms with Crippen LogP contribution in [0.25, 0.3) is 10.9 Å². The minimum absolute atomic E-state index is 0.163. The predicted octanol–water partition coefficient (Wildman–Crippen LogP) is 5.91. The van der Waals surface area contributed by atoms with Gasteiger partial charge in [-0.05, 0) is 60.7 Å². The summed E-state index contributed by atoms with van der Waals surface area (Å²) in [6, 6.07) is 25.4. The van der Waals surface area contributed by atoms with E-state index in [0.29, 0.717) is 34.0 Å².